The van der Waals surface area contributed by atoms with Gasteiger partial charge in [-0.05, 0) is 47.6 Å². The minimum absolute atomic E-state index is 0.271. The molecular weight excluding hydrogens is 264 g/mol. The molecule has 2 aliphatic rings. The van der Waals surface area contributed by atoms with E-state index in [1.54, 1.807) is 12.1 Å². The Bertz CT molecular complexity index is 623. The van der Waals surface area contributed by atoms with Crippen LogP contribution in [-0.2, 0) is 4.74 Å². The third-order valence-electron chi connectivity index (χ3n) is 4.66. The molecule has 1 heterocycles. The summed E-state index contributed by atoms with van der Waals surface area (Å²) in [6.07, 6.45) is 2.37. The molecule has 2 aromatic rings. The number of aromatic hydroxyl groups is 1. The first kappa shape index (κ1) is 12.9. The predicted octanol–water partition coefficient (Wildman–Crippen LogP) is 3.27. The number of phenolic OH excluding ortho intramolecular Hbond substituents is 1. The molecule has 4 rings (SSSR count). The van der Waals surface area contributed by atoms with Crippen molar-refractivity contribution in [3.63, 3.8) is 0 Å². The molecule has 2 fully saturated rings. The number of ether oxygens (including phenoxy) is 1. The number of fused-ring (bicyclic) bond motifs is 1. The smallest absolute Gasteiger partial charge is 0.115 e. The van der Waals surface area contributed by atoms with E-state index in [1.807, 2.05) is 36.4 Å². The maximum absolute atomic E-state index is 10.5. The molecule has 0 aromatic heterocycles. The Morgan fingerprint density at radius 1 is 0.857 bits per heavy atom. The van der Waals surface area contributed by atoms with E-state index in [0.717, 1.165) is 29.5 Å². The molecule has 0 spiro atoms. The zero-order chi connectivity index (χ0) is 14.4. The van der Waals surface area contributed by atoms with Gasteiger partial charge in [0, 0.05) is 0 Å². The van der Waals surface area contributed by atoms with Crippen LogP contribution in [0.1, 0.15) is 24.5 Å². The molecule has 3 heteroatoms. The Hall–Kier alpha value is -1.84. The second-order valence-electron chi connectivity index (χ2n) is 6.06. The number of phenols is 1. The van der Waals surface area contributed by atoms with E-state index in [4.69, 9.17) is 4.74 Å². The Labute approximate surface area is 123 Å². The van der Waals surface area contributed by atoms with Gasteiger partial charge in [-0.3, -0.25) is 0 Å². The van der Waals surface area contributed by atoms with Crippen LogP contribution in [0.4, 0.5) is 0 Å². The molecule has 1 saturated carbocycles. The molecule has 0 radical (unpaired) electrons. The molecule has 0 bridgehead atoms. The molecule has 0 amide bonds. The summed E-state index contributed by atoms with van der Waals surface area (Å²) in [5.41, 5.74) is 3.12. The lowest BCUT2D eigenvalue weighted by molar-refractivity contribution is 0.0866. The van der Waals surface area contributed by atoms with Crippen molar-refractivity contribution in [3.8, 4) is 16.9 Å². The SMILES string of the molecule is Oc1ccc(-c2ccc([C@@H](O)[C@H]3C[C@@H]4O[C@@H]4C3)cc2)cc1. The molecular formula is C18H18O3. The quantitative estimate of drug-likeness (QED) is 0.849. The summed E-state index contributed by atoms with van der Waals surface area (Å²) in [6.45, 7) is 0. The van der Waals surface area contributed by atoms with Crippen LogP contribution in [-0.4, -0.2) is 22.4 Å². The number of epoxide rings is 1. The van der Waals surface area contributed by atoms with Crippen molar-refractivity contribution in [2.75, 3.05) is 0 Å². The van der Waals surface area contributed by atoms with Gasteiger partial charge in [0.1, 0.15) is 5.75 Å². The second kappa shape index (κ2) is 4.86. The van der Waals surface area contributed by atoms with Gasteiger partial charge in [-0.1, -0.05) is 36.4 Å². The van der Waals surface area contributed by atoms with E-state index < -0.39 is 6.10 Å². The Balaban J connectivity index is 1.51. The highest BCUT2D eigenvalue weighted by Crippen LogP contribution is 2.47. The van der Waals surface area contributed by atoms with Crippen LogP contribution in [0.15, 0.2) is 48.5 Å². The average molecular weight is 282 g/mol. The monoisotopic (exact) mass is 282 g/mol. The molecule has 21 heavy (non-hydrogen) atoms. The van der Waals surface area contributed by atoms with Gasteiger partial charge < -0.3 is 14.9 Å². The summed E-state index contributed by atoms with van der Waals surface area (Å²) in [5, 5.41) is 19.8. The Kier molecular flexibility index (Phi) is 2.98. The first-order valence-electron chi connectivity index (χ1n) is 7.43. The highest BCUT2D eigenvalue weighted by molar-refractivity contribution is 5.64. The number of aliphatic hydroxyl groups is 1. The van der Waals surface area contributed by atoms with Gasteiger partial charge in [-0.25, -0.2) is 0 Å². The van der Waals surface area contributed by atoms with E-state index >= 15 is 0 Å². The van der Waals surface area contributed by atoms with Crippen LogP contribution in [0.5, 0.6) is 5.75 Å². The third kappa shape index (κ3) is 2.43. The topological polar surface area (TPSA) is 53.0 Å². The lowest BCUT2D eigenvalue weighted by Crippen LogP contribution is -2.11. The summed E-state index contributed by atoms with van der Waals surface area (Å²) in [4.78, 5) is 0. The van der Waals surface area contributed by atoms with Crippen molar-refractivity contribution in [1.82, 2.24) is 0 Å². The van der Waals surface area contributed by atoms with Crippen LogP contribution in [0.3, 0.4) is 0 Å². The summed E-state index contributed by atoms with van der Waals surface area (Å²) in [6, 6.07) is 15.2. The largest absolute Gasteiger partial charge is 0.508 e. The van der Waals surface area contributed by atoms with Crippen LogP contribution in [0.25, 0.3) is 11.1 Å². The summed E-state index contributed by atoms with van der Waals surface area (Å²) in [5.74, 6) is 0.598. The van der Waals surface area contributed by atoms with Gasteiger partial charge in [0.2, 0.25) is 0 Å². The molecule has 4 atom stereocenters. The van der Waals surface area contributed by atoms with E-state index in [9.17, 15) is 10.2 Å². The molecule has 0 unspecified atom stereocenters. The second-order valence-corrected chi connectivity index (χ2v) is 6.06. The predicted molar refractivity (Wildman–Crippen MR) is 79.9 cm³/mol. The van der Waals surface area contributed by atoms with Gasteiger partial charge in [-0.2, -0.15) is 0 Å². The minimum atomic E-state index is -0.393. The summed E-state index contributed by atoms with van der Waals surface area (Å²) < 4.78 is 5.42. The molecule has 2 aromatic carbocycles. The number of rotatable bonds is 3. The van der Waals surface area contributed by atoms with E-state index in [0.29, 0.717) is 18.1 Å². The average Bonchev–Trinajstić information content (AvgIpc) is 3.13. The maximum atomic E-state index is 10.5. The minimum Gasteiger partial charge on any atom is -0.508 e. The van der Waals surface area contributed by atoms with E-state index in [2.05, 4.69) is 0 Å². The maximum Gasteiger partial charge on any atom is 0.115 e. The summed E-state index contributed by atoms with van der Waals surface area (Å²) >= 11 is 0. The van der Waals surface area contributed by atoms with Crippen molar-refractivity contribution >= 4 is 0 Å². The lowest BCUT2D eigenvalue weighted by Gasteiger charge is -2.19. The molecule has 2 N–H and O–H groups in total. The number of hydrogen-bond acceptors (Lipinski definition) is 3. The first-order valence-corrected chi connectivity index (χ1v) is 7.43. The normalized spacial score (nSPS) is 28.1. The molecule has 1 aliphatic heterocycles. The highest BCUT2D eigenvalue weighted by Gasteiger charge is 2.49. The van der Waals surface area contributed by atoms with Crippen molar-refractivity contribution < 1.29 is 14.9 Å². The standard InChI is InChI=1S/C18H18O3/c19-15-7-5-12(6-8-15)11-1-3-13(4-2-11)18(20)14-9-16-17(10-14)21-16/h1-8,14,16-20H,9-10H2/t14-,16-,17+,18-/m1/s1. The Morgan fingerprint density at radius 3 is 1.95 bits per heavy atom. The first-order chi connectivity index (χ1) is 10.2. The fourth-order valence-corrected chi connectivity index (χ4v) is 3.34. The van der Waals surface area contributed by atoms with Crippen molar-refractivity contribution in [2.24, 2.45) is 5.92 Å². The van der Waals surface area contributed by atoms with E-state index in [-0.39, 0.29) is 5.75 Å². The fourth-order valence-electron chi connectivity index (χ4n) is 3.34. The van der Waals surface area contributed by atoms with Gasteiger partial charge in [0.25, 0.3) is 0 Å². The molecule has 3 nitrogen and oxygen atoms in total. The lowest BCUT2D eigenvalue weighted by atomic mass is 9.92. The van der Waals surface area contributed by atoms with Crippen LogP contribution in [0.2, 0.25) is 0 Å². The number of hydrogen-bond donors (Lipinski definition) is 2. The zero-order valence-corrected chi connectivity index (χ0v) is 11.6. The summed E-state index contributed by atoms with van der Waals surface area (Å²) in [7, 11) is 0. The van der Waals surface area contributed by atoms with Gasteiger partial charge in [0.05, 0.1) is 18.3 Å². The number of aliphatic hydroxyl groups excluding tert-OH is 1. The zero-order valence-electron chi connectivity index (χ0n) is 11.6. The Morgan fingerprint density at radius 2 is 1.38 bits per heavy atom. The van der Waals surface area contributed by atoms with Crippen molar-refractivity contribution in [3.05, 3.63) is 54.1 Å². The van der Waals surface area contributed by atoms with Crippen LogP contribution in [0, 0.1) is 5.92 Å². The van der Waals surface area contributed by atoms with Crippen molar-refractivity contribution in [2.45, 2.75) is 31.2 Å². The number of benzene rings is 2. The molecule has 108 valence electrons. The van der Waals surface area contributed by atoms with Crippen molar-refractivity contribution in [1.29, 1.82) is 0 Å². The van der Waals surface area contributed by atoms with Crippen LogP contribution < -0.4 is 0 Å². The van der Waals surface area contributed by atoms with Gasteiger partial charge >= 0.3 is 0 Å². The van der Waals surface area contributed by atoms with Crippen LogP contribution >= 0.6 is 0 Å². The molecule has 1 saturated heterocycles. The highest BCUT2D eigenvalue weighted by atomic mass is 16.6. The van der Waals surface area contributed by atoms with E-state index in [1.165, 1.54) is 0 Å². The van der Waals surface area contributed by atoms with Gasteiger partial charge in [-0.15, -0.1) is 0 Å². The molecule has 1 aliphatic carbocycles. The third-order valence-corrected chi connectivity index (χ3v) is 4.66. The van der Waals surface area contributed by atoms with Gasteiger partial charge in [0.15, 0.2) is 0 Å². The fraction of sp³-hybridized carbons (Fsp3) is 0.333.